The number of ether oxygens (including phenoxy) is 1. The molecule has 2 aromatic rings. The van der Waals surface area contributed by atoms with Crippen LogP contribution in [0.15, 0.2) is 54.6 Å². The van der Waals surface area contributed by atoms with Crippen molar-refractivity contribution in [3.05, 3.63) is 65.7 Å². The fourth-order valence-corrected chi connectivity index (χ4v) is 2.86. The van der Waals surface area contributed by atoms with Gasteiger partial charge in [0.25, 0.3) is 5.91 Å². The Morgan fingerprint density at radius 3 is 2.64 bits per heavy atom. The Kier molecular flexibility index (Phi) is 3.96. The number of rotatable bonds is 3. The number of fused-ring (bicyclic) bond motifs is 1. The number of benzene rings is 2. The third kappa shape index (κ3) is 2.75. The van der Waals surface area contributed by atoms with Crippen LogP contribution < -0.4 is 9.64 Å². The van der Waals surface area contributed by atoms with Crippen LogP contribution in [0.5, 0.6) is 5.75 Å². The molecule has 0 spiro atoms. The van der Waals surface area contributed by atoms with Gasteiger partial charge >= 0.3 is 0 Å². The smallest absolute Gasteiger partial charge is 0.251 e. The van der Waals surface area contributed by atoms with E-state index in [-0.39, 0.29) is 11.9 Å². The summed E-state index contributed by atoms with van der Waals surface area (Å²) < 4.78 is 5.13. The van der Waals surface area contributed by atoms with E-state index in [1.807, 2.05) is 53.4 Å². The maximum absolute atomic E-state index is 12.5. The third-order valence-corrected chi connectivity index (χ3v) is 3.98. The van der Waals surface area contributed by atoms with Crippen molar-refractivity contribution >= 4 is 17.7 Å². The molecule has 22 heavy (non-hydrogen) atoms. The van der Waals surface area contributed by atoms with Crippen molar-refractivity contribution in [3.63, 3.8) is 0 Å². The molecule has 0 saturated carbocycles. The van der Waals surface area contributed by atoms with Gasteiger partial charge in [-0.25, -0.2) is 0 Å². The number of methoxy groups -OCH3 is 1. The largest absolute Gasteiger partial charge is 0.497 e. The number of nitrogens with zero attached hydrogens (tertiary/aromatic N) is 1. The maximum Gasteiger partial charge on any atom is 0.251 e. The zero-order valence-electron chi connectivity index (χ0n) is 12.8. The lowest BCUT2D eigenvalue weighted by atomic mass is 10.1. The van der Waals surface area contributed by atoms with Crippen LogP contribution >= 0.6 is 0 Å². The number of carbonyl (C=O) groups is 1. The maximum atomic E-state index is 12.5. The Bertz CT molecular complexity index is 704. The first-order valence-corrected chi connectivity index (χ1v) is 7.42. The Morgan fingerprint density at radius 2 is 1.91 bits per heavy atom. The van der Waals surface area contributed by atoms with Crippen LogP contribution in [-0.4, -0.2) is 19.1 Å². The van der Waals surface area contributed by atoms with Crippen molar-refractivity contribution in [1.29, 1.82) is 0 Å². The quantitative estimate of drug-likeness (QED) is 0.808. The summed E-state index contributed by atoms with van der Waals surface area (Å²) in [5.74, 6) is 0.832. The number of hydrogen-bond donors (Lipinski definition) is 0. The minimum atomic E-state index is 0.0215. The molecule has 3 rings (SSSR count). The van der Waals surface area contributed by atoms with Crippen molar-refractivity contribution in [1.82, 2.24) is 0 Å². The summed E-state index contributed by atoms with van der Waals surface area (Å²) in [6.07, 6.45) is 4.40. The van der Waals surface area contributed by atoms with Crippen LogP contribution in [0.3, 0.4) is 0 Å². The molecule has 0 N–H and O–H groups in total. The number of hydrogen-bond acceptors (Lipinski definition) is 2. The topological polar surface area (TPSA) is 29.5 Å². The van der Waals surface area contributed by atoms with E-state index < -0.39 is 0 Å². The summed E-state index contributed by atoms with van der Waals surface area (Å²) in [6.45, 7) is 2.08. The molecule has 0 aliphatic carbocycles. The van der Waals surface area contributed by atoms with Crippen molar-refractivity contribution < 1.29 is 9.53 Å². The molecule has 0 radical (unpaired) electrons. The van der Waals surface area contributed by atoms with Crippen LogP contribution in [0, 0.1) is 0 Å². The van der Waals surface area contributed by atoms with Gasteiger partial charge in [0, 0.05) is 17.8 Å². The van der Waals surface area contributed by atoms with Crippen molar-refractivity contribution in [3.8, 4) is 5.75 Å². The Labute approximate surface area is 130 Å². The molecule has 1 aliphatic rings. The highest BCUT2D eigenvalue weighted by atomic mass is 16.5. The van der Waals surface area contributed by atoms with Gasteiger partial charge < -0.3 is 9.64 Å². The molecule has 1 heterocycles. The zero-order valence-corrected chi connectivity index (χ0v) is 12.8. The second kappa shape index (κ2) is 6.06. The van der Waals surface area contributed by atoms with Gasteiger partial charge in [-0.3, -0.25) is 4.79 Å². The van der Waals surface area contributed by atoms with E-state index in [0.29, 0.717) is 0 Å². The Morgan fingerprint density at radius 1 is 1.18 bits per heavy atom. The standard InChI is InChI=1S/C19H19NO2/c1-14-13-16-5-3-4-6-18(16)20(14)19(21)12-9-15-7-10-17(22-2)11-8-15/h3-12,14H,13H2,1-2H3/b12-9+/t14-/m1/s1. The normalized spacial score (nSPS) is 16.8. The zero-order chi connectivity index (χ0) is 15.5. The van der Waals surface area contributed by atoms with Crippen LogP contribution in [0.25, 0.3) is 6.08 Å². The van der Waals surface area contributed by atoms with E-state index in [0.717, 1.165) is 23.4 Å². The van der Waals surface area contributed by atoms with Crippen molar-refractivity contribution in [2.75, 3.05) is 12.0 Å². The minimum absolute atomic E-state index is 0.0215. The Balaban J connectivity index is 1.78. The molecule has 2 aromatic carbocycles. The molecular weight excluding hydrogens is 274 g/mol. The van der Waals surface area contributed by atoms with Gasteiger partial charge in [-0.05, 0) is 48.7 Å². The summed E-state index contributed by atoms with van der Waals surface area (Å²) in [7, 11) is 1.64. The van der Waals surface area contributed by atoms with E-state index in [4.69, 9.17) is 4.74 Å². The summed E-state index contributed by atoms with van der Waals surface area (Å²) in [5.41, 5.74) is 3.25. The van der Waals surface area contributed by atoms with Crippen molar-refractivity contribution in [2.24, 2.45) is 0 Å². The average Bonchev–Trinajstić information content (AvgIpc) is 2.89. The van der Waals surface area contributed by atoms with Crippen LogP contribution in [0.2, 0.25) is 0 Å². The van der Waals surface area contributed by atoms with Gasteiger partial charge in [0.15, 0.2) is 0 Å². The summed E-state index contributed by atoms with van der Waals surface area (Å²) in [6, 6.07) is 15.9. The second-order valence-electron chi connectivity index (χ2n) is 5.50. The monoisotopic (exact) mass is 293 g/mol. The third-order valence-electron chi connectivity index (χ3n) is 3.98. The predicted octanol–water partition coefficient (Wildman–Crippen LogP) is 3.69. The molecular formula is C19H19NO2. The number of para-hydroxylation sites is 1. The average molecular weight is 293 g/mol. The van der Waals surface area contributed by atoms with Crippen LogP contribution in [0.4, 0.5) is 5.69 Å². The van der Waals surface area contributed by atoms with Gasteiger partial charge in [-0.15, -0.1) is 0 Å². The first-order valence-electron chi connectivity index (χ1n) is 7.42. The van der Waals surface area contributed by atoms with E-state index in [1.54, 1.807) is 13.2 Å². The van der Waals surface area contributed by atoms with Crippen LogP contribution in [-0.2, 0) is 11.2 Å². The van der Waals surface area contributed by atoms with Gasteiger partial charge in [0.2, 0.25) is 0 Å². The molecule has 1 amide bonds. The van der Waals surface area contributed by atoms with E-state index in [9.17, 15) is 4.79 Å². The molecule has 112 valence electrons. The lowest BCUT2D eigenvalue weighted by molar-refractivity contribution is -0.114. The highest BCUT2D eigenvalue weighted by molar-refractivity contribution is 6.05. The number of amides is 1. The molecule has 0 saturated heterocycles. The Hall–Kier alpha value is -2.55. The molecule has 0 bridgehead atoms. The fourth-order valence-electron chi connectivity index (χ4n) is 2.86. The summed E-state index contributed by atoms with van der Waals surface area (Å²) in [4.78, 5) is 14.4. The summed E-state index contributed by atoms with van der Waals surface area (Å²) >= 11 is 0. The minimum Gasteiger partial charge on any atom is -0.497 e. The molecule has 3 nitrogen and oxygen atoms in total. The highest BCUT2D eigenvalue weighted by Gasteiger charge is 2.29. The SMILES string of the molecule is COc1ccc(/C=C/C(=O)N2c3ccccc3C[C@H]2C)cc1. The molecule has 0 aromatic heterocycles. The molecule has 1 atom stereocenters. The lowest BCUT2D eigenvalue weighted by Crippen LogP contribution is -2.34. The fraction of sp³-hybridized carbons (Fsp3) is 0.211. The number of carbonyl (C=O) groups excluding carboxylic acids is 1. The molecule has 0 fully saturated rings. The number of anilines is 1. The molecule has 1 aliphatic heterocycles. The first-order chi connectivity index (χ1) is 10.7. The van der Waals surface area contributed by atoms with E-state index >= 15 is 0 Å². The highest BCUT2D eigenvalue weighted by Crippen LogP contribution is 2.32. The van der Waals surface area contributed by atoms with E-state index in [1.165, 1.54) is 5.56 Å². The van der Waals surface area contributed by atoms with E-state index in [2.05, 4.69) is 13.0 Å². The van der Waals surface area contributed by atoms with Gasteiger partial charge in [0.05, 0.1) is 7.11 Å². The van der Waals surface area contributed by atoms with Gasteiger partial charge in [0.1, 0.15) is 5.75 Å². The second-order valence-corrected chi connectivity index (χ2v) is 5.50. The molecule has 0 unspecified atom stereocenters. The van der Waals surface area contributed by atoms with Gasteiger partial charge in [-0.1, -0.05) is 30.3 Å². The first kappa shape index (κ1) is 14.4. The predicted molar refractivity (Wildman–Crippen MR) is 89.1 cm³/mol. The summed E-state index contributed by atoms with van der Waals surface area (Å²) in [5, 5.41) is 0. The van der Waals surface area contributed by atoms with Gasteiger partial charge in [-0.2, -0.15) is 0 Å². The lowest BCUT2D eigenvalue weighted by Gasteiger charge is -2.20. The molecule has 3 heteroatoms. The van der Waals surface area contributed by atoms with Crippen molar-refractivity contribution in [2.45, 2.75) is 19.4 Å². The van der Waals surface area contributed by atoms with Crippen LogP contribution in [0.1, 0.15) is 18.1 Å².